The third kappa shape index (κ3) is 3.41. The van der Waals surface area contributed by atoms with E-state index in [1.54, 1.807) is 6.20 Å². The summed E-state index contributed by atoms with van der Waals surface area (Å²) in [7, 11) is 2.16. The molecule has 1 aromatic carbocycles. The number of amides is 2. The fourth-order valence-corrected chi connectivity index (χ4v) is 3.30. The predicted octanol–water partition coefficient (Wildman–Crippen LogP) is 1.92. The van der Waals surface area contributed by atoms with E-state index in [1.807, 2.05) is 6.07 Å². The molecule has 1 saturated heterocycles. The number of fused-ring (bicyclic) bond motifs is 1. The van der Waals surface area contributed by atoms with Crippen molar-refractivity contribution in [3.05, 3.63) is 35.5 Å². The van der Waals surface area contributed by atoms with E-state index in [0.29, 0.717) is 18.3 Å². The average Bonchev–Trinajstić information content (AvgIpc) is 2.62. The summed E-state index contributed by atoms with van der Waals surface area (Å²) in [5, 5.41) is 8.62. The molecule has 1 fully saturated rings. The summed E-state index contributed by atoms with van der Waals surface area (Å²) in [6, 6.07) is 6.06. The van der Waals surface area contributed by atoms with Crippen molar-refractivity contribution < 1.29 is 4.79 Å². The predicted molar refractivity (Wildman–Crippen MR) is 102 cm³/mol. The molecule has 2 aromatic rings. The van der Waals surface area contributed by atoms with Gasteiger partial charge in [0.05, 0.1) is 0 Å². The van der Waals surface area contributed by atoms with Crippen LogP contribution in [0.1, 0.15) is 11.1 Å². The topological polar surface area (TPSA) is 85.4 Å². The van der Waals surface area contributed by atoms with Crippen molar-refractivity contribution in [2.45, 2.75) is 13.5 Å². The summed E-state index contributed by atoms with van der Waals surface area (Å²) in [4.78, 5) is 24.9. The van der Waals surface area contributed by atoms with Gasteiger partial charge in [0.2, 0.25) is 5.95 Å². The standard InChI is InChI=1S/C18H23N7O/c1-12-9-14(3-4-15(12)25-7-5-24(2)6-8-25)21-17-19-10-13-11-20-18(26)23-16(13)22-17/h3-4,9-10H,5-8,11H2,1-2H3,(H3,19,20,21,22,23,26). The molecular weight excluding hydrogens is 330 g/mol. The zero-order valence-electron chi connectivity index (χ0n) is 15.0. The molecule has 0 spiro atoms. The first kappa shape index (κ1) is 16.6. The van der Waals surface area contributed by atoms with Gasteiger partial charge in [-0.05, 0) is 37.7 Å². The molecule has 4 rings (SSSR count). The van der Waals surface area contributed by atoms with E-state index in [-0.39, 0.29) is 6.03 Å². The zero-order chi connectivity index (χ0) is 18.1. The highest BCUT2D eigenvalue weighted by Gasteiger charge is 2.17. The number of hydrogen-bond acceptors (Lipinski definition) is 6. The van der Waals surface area contributed by atoms with Crippen LogP contribution in [0.5, 0.6) is 0 Å². The van der Waals surface area contributed by atoms with Crippen LogP contribution in [0.2, 0.25) is 0 Å². The number of carbonyl (C=O) groups excluding carboxylic acids is 1. The van der Waals surface area contributed by atoms with E-state index in [0.717, 1.165) is 37.4 Å². The molecule has 0 bridgehead atoms. The first-order valence-electron chi connectivity index (χ1n) is 8.80. The van der Waals surface area contributed by atoms with E-state index < -0.39 is 0 Å². The molecule has 26 heavy (non-hydrogen) atoms. The van der Waals surface area contributed by atoms with E-state index in [1.165, 1.54) is 11.3 Å². The lowest BCUT2D eigenvalue weighted by Gasteiger charge is -2.35. The molecule has 0 saturated carbocycles. The van der Waals surface area contributed by atoms with Crippen molar-refractivity contribution in [1.82, 2.24) is 20.2 Å². The highest BCUT2D eigenvalue weighted by atomic mass is 16.2. The van der Waals surface area contributed by atoms with E-state index in [9.17, 15) is 4.79 Å². The second kappa shape index (κ2) is 6.80. The van der Waals surface area contributed by atoms with Crippen molar-refractivity contribution in [1.29, 1.82) is 0 Å². The maximum atomic E-state index is 11.4. The zero-order valence-corrected chi connectivity index (χ0v) is 15.0. The molecule has 8 nitrogen and oxygen atoms in total. The van der Waals surface area contributed by atoms with Gasteiger partial charge in [0.1, 0.15) is 5.82 Å². The van der Waals surface area contributed by atoms with Crippen LogP contribution in [0, 0.1) is 6.92 Å². The van der Waals surface area contributed by atoms with Gasteiger partial charge < -0.3 is 20.4 Å². The number of aromatic nitrogens is 2. The number of rotatable bonds is 3. The van der Waals surface area contributed by atoms with Crippen molar-refractivity contribution in [3.8, 4) is 0 Å². The minimum atomic E-state index is -0.241. The number of anilines is 4. The number of urea groups is 1. The van der Waals surface area contributed by atoms with Crippen molar-refractivity contribution in [3.63, 3.8) is 0 Å². The Morgan fingerprint density at radius 2 is 2.00 bits per heavy atom. The molecule has 0 aliphatic carbocycles. The third-order valence-electron chi connectivity index (χ3n) is 4.83. The van der Waals surface area contributed by atoms with Crippen LogP contribution < -0.4 is 20.9 Å². The number of carbonyl (C=O) groups is 1. The van der Waals surface area contributed by atoms with Crippen molar-refractivity contribution in [2.24, 2.45) is 0 Å². The van der Waals surface area contributed by atoms with Gasteiger partial charge in [-0.2, -0.15) is 4.98 Å². The normalized spacial score (nSPS) is 17.3. The summed E-state index contributed by atoms with van der Waals surface area (Å²) >= 11 is 0. The average molecular weight is 353 g/mol. The second-order valence-corrected chi connectivity index (χ2v) is 6.79. The summed E-state index contributed by atoms with van der Waals surface area (Å²) in [6.45, 7) is 6.84. The Labute approximate surface area is 152 Å². The van der Waals surface area contributed by atoms with Gasteiger partial charge in [-0.15, -0.1) is 0 Å². The van der Waals surface area contributed by atoms with Gasteiger partial charge in [-0.1, -0.05) is 0 Å². The lowest BCUT2D eigenvalue weighted by molar-refractivity contribution is 0.250. The molecule has 3 N–H and O–H groups in total. The number of nitrogens with one attached hydrogen (secondary N) is 3. The van der Waals surface area contributed by atoms with E-state index >= 15 is 0 Å². The fraction of sp³-hybridized carbons (Fsp3) is 0.389. The van der Waals surface area contributed by atoms with Crippen LogP contribution in [-0.2, 0) is 6.54 Å². The summed E-state index contributed by atoms with van der Waals surface area (Å²) in [5.41, 5.74) is 4.29. The molecule has 2 aliphatic rings. The Hall–Kier alpha value is -2.87. The minimum absolute atomic E-state index is 0.241. The smallest absolute Gasteiger partial charge is 0.320 e. The van der Waals surface area contributed by atoms with Gasteiger partial charge in [0.15, 0.2) is 0 Å². The lowest BCUT2D eigenvalue weighted by Crippen LogP contribution is -2.44. The Kier molecular flexibility index (Phi) is 4.34. The molecule has 1 aromatic heterocycles. The molecule has 8 heteroatoms. The molecule has 3 heterocycles. The Bertz CT molecular complexity index is 830. The number of likely N-dealkylation sites (N-methyl/N-ethyl adjacent to an activating group) is 1. The van der Waals surface area contributed by atoms with Crippen molar-refractivity contribution in [2.75, 3.05) is 48.8 Å². The first-order chi connectivity index (χ1) is 12.6. The molecule has 0 atom stereocenters. The molecule has 0 radical (unpaired) electrons. The van der Waals surface area contributed by atoms with Gasteiger partial charge in [0.25, 0.3) is 0 Å². The highest BCUT2D eigenvalue weighted by molar-refractivity contribution is 5.91. The Morgan fingerprint density at radius 3 is 2.77 bits per heavy atom. The largest absolute Gasteiger partial charge is 0.369 e. The first-order valence-corrected chi connectivity index (χ1v) is 8.80. The summed E-state index contributed by atoms with van der Waals surface area (Å²) in [6.07, 6.45) is 1.72. The van der Waals surface area contributed by atoms with Gasteiger partial charge >= 0.3 is 6.03 Å². The van der Waals surface area contributed by atoms with E-state index in [4.69, 9.17) is 0 Å². The second-order valence-electron chi connectivity index (χ2n) is 6.79. The maximum Gasteiger partial charge on any atom is 0.320 e. The number of nitrogens with zero attached hydrogens (tertiary/aromatic N) is 4. The minimum Gasteiger partial charge on any atom is -0.369 e. The molecule has 2 amide bonds. The van der Waals surface area contributed by atoms with Crippen LogP contribution in [0.4, 0.5) is 27.9 Å². The number of hydrogen-bond donors (Lipinski definition) is 3. The van der Waals surface area contributed by atoms with Crippen LogP contribution in [0.3, 0.4) is 0 Å². The Balaban J connectivity index is 1.50. The molecule has 2 aliphatic heterocycles. The Morgan fingerprint density at radius 1 is 1.19 bits per heavy atom. The maximum absolute atomic E-state index is 11.4. The monoisotopic (exact) mass is 353 g/mol. The van der Waals surface area contributed by atoms with Crippen LogP contribution in [0.15, 0.2) is 24.4 Å². The molecule has 0 unspecified atom stereocenters. The lowest BCUT2D eigenvalue weighted by atomic mass is 10.1. The summed E-state index contributed by atoms with van der Waals surface area (Å²) in [5.74, 6) is 1.02. The SMILES string of the molecule is Cc1cc(Nc2ncc3c(n2)NC(=O)NC3)ccc1N1CCN(C)CC1. The molecular formula is C18H23N7O. The number of piperazine rings is 1. The molecule has 136 valence electrons. The van der Waals surface area contributed by atoms with E-state index in [2.05, 4.69) is 61.8 Å². The summed E-state index contributed by atoms with van der Waals surface area (Å²) < 4.78 is 0. The van der Waals surface area contributed by atoms with Gasteiger partial charge in [-0.25, -0.2) is 9.78 Å². The number of aryl methyl sites for hydroxylation is 1. The van der Waals surface area contributed by atoms with Gasteiger partial charge in [0, 0.05) is 55.9 Å². The highest BCUT2D eigenvalue weighted by Crippen LogP contribution is 2.26. The van der Waals surface area contributed by atoms with Crippen LogP contribution in [-0.4, -0.2) is 54.1 Å². The van der Waals surface area contributed by atoms with Crippen LogP contribution >= 0.6 is 0 Å². The fourth-order valence-electron chi connectivity index (χ4n) is 3.30. The number of benzene rings is 1. The quantitative estimate of drug-likeness (QED) is 0.782. The van der Waals surface area contributed by atoms with Gasteiger partial charge in [-0.3, -0.25) is 5.32 Å². The third-order valence-corrected chi connectivity index (χ3v) is 4.83. The van der Waals surface area contributed by atoms with Crippen LogP contribution in [0.25, 0.3) is 0 Å². The van der Waals surface area contributed by atoms with Crippen molar-refractivity contribution >= 4 is 29.2 Å².